The Bertz CT molecular complexity index is 3210. The Kier molecular flexibility index (Phi) is 6.92. The molecule has 0 N–H and O–H groups in total. The number of aliphatic imine (C=N–C) groups is 1. The molecule has 2 aromatic heterocycles. The molecule has 3 heteroatoms. The molecule has 0 unspecified atom stereocenters. The smallest absolute Gasteiger partial charge is 0.0789 e. The third-order valence-corrected chi connectivity index (χ3v) is 11.4. The number of para-hydroxylation sites is 3. The van der Waals surface area contributed by atoms with E-state index in [0.717, 1.165) is 17.0 Å². The van der Waals surface area contributed by atoms with Crippen LogP contribution in [0.2, 0.25) is 0 Å². The molecule has 55 heavy (non-hydrogen) atoms. The van der Waals surface area contributed by atoms with Crippen LogP contribution in [0.25, 0.3) is 88.4 Å². The van der Waals surface area contributed by atoms with E-state index in [0.29, 0.717) is 0 Å². The van der Waals surface area contributed by atoms with Crippen LogP contribution in [-0.4, -0.2) is 14.8 Å². The van der Waals surface area contributed by atoms with Gasteiger partial charge in [0.05, 0.1) is 27.8 Å². The van der Waals surface area contributed by atoms with Gasteiger partial charge in [-0.1, -0.05) is 110 Å². The summed E-state index contributed by atoms with van der Waals surface area (Å²) in [4.78, 5) is 4.80. The minimum Gasteiger partial charge on any atom is -0.309 e. The highest BCUT2D eigenvalue weighted by molar-refractivity contribution is 6.26. The van der Waals surface area contributed by atoms with Gasteiger partial charge >= 0.3 is 0 Å². The first-order valence-corrected chi connectivity index (χ1v) is 18.8. The van der Waals surface area contributed by atoms with Crippen LogP contribution in [0, 0.1) is 6.92 Å². The third-order valence-electron chi connectivity index (χ3n) is 11.4. The van der Waals surface area contributed by atoms with Crippen LogP contribution in [0.15, 0.2) is 194 Å². The third kappa shape index (κ3) is 4.73. The fourth-order valence-electron chi connectivity index (χ4n) is 8.97. The Morgan fingerprint density at radius 2 is 0.909 bits per heavy atom. The molecule has 0 fully saturated rings. The van der Waals surface area contributed by atoms with Crippen molar-refractivity contribution in [2.75, 3.05) is 0 Å². The molecule has 2 heterocycles. The molecule has 0 atom stereocenters. The molecule has 0 amide bonds. The maximum Gasteiger partial charge on any atom is 0.0789 e. The van der Waals surface area contributed by atoms with E-state index in [1.54, 1.807) is 6.20 Å². The maximum atomic E-state index is 4.80. The summed E-state index contributed by atoms with van der Waals surface area (Å²) in [5.74, 6) is 0. The molecule has 0 aliphatic heterocycles. The molecule has 0 radical (unpaired) electrons. The fourth-order valence-corrected chi connectivity index (χ4v) is 8.97. The molecule has 10 aromatic rings. The number of hydrogen-bond donors (Lipinski definition) is 0. The minimum absolute atomic E-state index is 0.996. The predicted octanol–water partition coefficient (Wildman–Crippen LogP) is 13.5. The van der Waals surface area contributed by atoms with Gasteiger partial charge in [-0.2, -0.15) is 0 Å². The zero-order chi connectivity index (χ0) is 36.6. The highest BCUT2D eigenvalue weighted by Crippen LogP contribution is 2.43. The van der Waals surface area contributed by atoms with Crippen molar-refractivity contribution in [3.05, 3.63) is 205 Å². The van der Waals surface area contributed by atoms with Crippen LogP contribution < -0.4 is 0 Å². The summed E-state index contributed by atoms with van der Waals surface area (Å²) in [6.07, 6.45) is 1.66. The molecule has 3 nitrogen and oxygen atoms in total. The van der Waals surface area contributed by atoms with Gasteiger partial charge in [-0.05, 0) is 119 Å². The number of rotatable bonds is 5. The first-order valence-electron chi connectivity index (χ1n) is 18.8. The van der Waals surface area contributed by atoms with E-state index in [1.165, 1.54) is 93.8 Å². The Morgan fingerprint density at radius 1 is 0.418 bits per heavy atom. The van der Waals surface area contributed by atoms with Crippen molar-refractivity contribution in [3.8, 4) is 44.8 Å². The number of nitrogens with zero attached hydrogens (tertiary/aromatic N) is 3. The van der Waals surface area contributed by atoms with Crippen LogP contribution in [0.4, 0.5) is 0 Å². The Labute approximate surface area is 319 Å². The first-order chi connectivity index (χ1) is 27.2. The van der Waals surface area contributed by atoms with Gasteiger partial charge in [-0.25, -0.2) is 0 Å². The molecular weight excluding hydrogens is 667 g/mol. The van der Waals surface area contributed by atoms with Gasteiger partial charge in [0, 0.05) is 50.2 Å². The van der Waals surface area contributed by atoms with Gasteiger partial charge in [0.15, 0.2) is 0 Å². The van der Waals surface area contributed by atoms with Crippen LogP contribution in [0.1, 0.15) is 16.7 Å². The summed E-state index contributed by atoms with van der Waals surface area (Å²) in [5.41, 5.74) is 18.9. The lowest BCUT2D eigenvalue weighted by Crippen LogP contribution is -2.00. The number of hydrogen-bond acceptors (Lipinski definition) is 1. The zero-order valence-corrected chi connectivity index (χ0v) is 30.4. The topological polar surface area (TPSA) is 22.2 Å². The first kappa shape index (κ1) is 31.3. The average molecular weight is 702 g/mol. The second-order valence-electron chi connectivity index (χ2n) is 14.5. The van der Waals surface area contributed by atoms with Crippen molar-refractivity contribution in [1.29, 1.82) is 0 Å². The molecule has 0 spiro atoms. The quantitative estimate of drug-likeness (QED) is 0.170. The van der Waals surface area contributed by atoms with Crippen molar-refractivity contribution >= 4 is 49.3 Å². The number of benzene rings is 8. The van der Waals surface area contributed by atoms with Gasteiger partial charge in [0.25, 0.3) is 0 Å². The molecule has 0 saturated carbocycles. The van der Waals surface area contributed by atoms with Crippen LogP contribution in [0.3, 0.4) is 0 Å². The largest absolute Gasteiger partial charge is 0.309 e. The van der Waals surface area contributed by atoms with Crippen LogP contribution in [-0.2, 0) is 0 Å². The van der Waals surface area contributed by atoms with Crippen molar-refractivity contribution in [3.63, 3.8) is 0 Å². The van der Waals surface area contributed by atoms with Gasteiger partial charge in [-0.3, -0.25) is 4.99 Å². The molecule has 1 aliphatic rings. The van der Waals surface area contributed by atoms with E-state index >= 15 is 0 Å². The second kappa shape index (κ2) is 12.2. The molecule has 258 valence electrons. The van der Waals surface area contributed by atoms with E-state index in [9.17, 15) is 0 Å². The monoisotopic (exact) mass is 701 g/mol. The Hall–Kier alpha value is -7.23. The maximum absolute atomic E-state index is 4.80. The van der Waals surface area contributed by atoms with E-state index in [1.807, 2.05) is 0 Å². The number of aryl methyl sites for hydroxylation is 1. The lowest BCUT2D eigenvalue weighted by atomic mass is 9.97. The summed E-state index contributed by atoms with van der Waals surface area (Å²) in [6.45, 7) is 6.11. The Morgan fingerprint density at radius 3 is 1.49 bits per heavy atom. The van der Waals surface area contributed by atoms with E-state index in [4.69, 9.17) is 4.99 Å². The van der Waals surface area contributed by atoms with Crippen LogP contribution in [0.5, 0.6) is 0 Å². The average Bonchev–Trinajstić information content (AvgIpc) is 3.86. The van der Waals surface area contributed by atoms with Gasteiger partial charge in [0.1, 0.15) is 0 Å². The molecular formula is C52H35N3. The Balaban J connectivity index is 1.10. The van der Waals surface area contributed by atoms with E-state index in [-0.39, 0.29) is 0 Å². The SMILES string of the molecule is C=CN=C1c2cc(-c3ccc4c(c3)c3cc(-c5ccc6c(c5)c5ccccc5n6-c5ccccc5)ccc3n4-c3ccccc3)ccc2-c2cccc(C)c21. The molecule has 0 bridgehead atoms. The zero-order valence-electron chi connectivity index (χ0n) is 30.4. The van der Waals surface area contributed by atoms with Crippen molar-refractivity contribution in [2.45, 2.75) is 6.92 Å². The van der Waals surface area contributed by atoms with Crippen molar-refractivity contribution in [1.82, 2.24) is 9.13 Å². The molecule has 8 aromatic carbocycles. The second-order valence-corrected chi connectivity index (χ2v) is 14.5. The fraction of sp³-hybridized carbons (Fsp3) is 0.0192. The van der Waals surface area contributed by atoms with E-state index in [2.05, 4.69) is 199 Å². The summed E-state index contributed by atoms with van der Waals surface area (Å²) in [5, 5.41) is 4.95. The van der Waals surface area contributed by atoms with Crippen molar-refractivity contribution < 1.29 is 0 Å². The molecule has 11 rings (SSSR count). The summed E-state index contributed by atoms with van der Waals surface area (Å²) in [7, 11) is 0. The van der Waals surface area contributed by atoms with E-state index < -0.39 is 0 Å². The number of aromatic nitrogens is 2. The highest BCUT2D eigenvalue weighted by atomic mass is 15.0. The van der Waals surface area contributed by atoms with Crippen molar-refractivity contribution in [2.24, 2.45) is 4.99 Å². The molecule has 1 aliphatic carbocycles. The lowest BCUT2D eigenvalue weighted by molar-refractivity contribution is 1.18. The summed E-state index contributed by atoms with van der Waals surface area (Å²) in [6, 6.07) is 64.2. The predicted molar refractivity (Wildman–Crippen MR) is 232 cm³/mol. The van der Waals surface area contributed by atoms with Gasteiger partial charge < -0.3 is 9.13 Å². The standard InChI is InChI=1S/C52H35N3/c1-3-53-52-46-32-34(21-25-40(46)42-19-12-13-33(2)51(42)52)36-23-27-49-44(30-36)45-31-37(24-28-50(45)55(49)39-16-8-5-9-17-39)35-22-26-48-43(29-35)41-18-10-11-20-47(41)54(48)38-14-6-4-7-15-38/h3-32H,1H2,2H3. The number of fused-ring (bicyclic) bond motifs is 9. The summed E-state index contributed by atoms with van der Waals surface area (Å²) >= 11 is 0. The normalized spacial score (nSPS) is 12.9. The van der Waals surface area contributed by atoms with Gasteiger partial charge in [0.2, 0.25) is 0 Å². The highest BCUT2D eigenvalue weighted by Gasteiger charge is 2.27. The van der Waals surface area contributed by atoms with Crippen LogP contribution >= 0.6 is 0 Å². The lowest BCUT2D eigenvalue weighted by Gasteiger charge is -2.09. The summed E-state index contributed by atoms with van der Waals surface area (Å²) < 4.78 is 4.77. The minimum atomic E-state index is 0.996. The van der Waals surface area contributed by atoms with Gasteiger partial charge in [-0.15, -0.1) is 0 Å². The molecule has 0 saturated heterocycles.